The monoisotopic (exact) mass is 332 g/mol. The number of halogens is 1. The number of hydrogen-bond donors (Lipinski definition) is 1. The molecule has 3 heteroatoms. The summed E-state index contributed by atoms with van der Waals surface area (Å²) in [5.41, 5.74) is 4.75. The second-order valence-electron chi connectivity index (χ2n) is 5.25. The molecule has 0 fully saturated rings. The Labute approximate surface area is 148 Å². The van der Waals surface area contributed by atoms with E-state index in [1.165, 1.54) is 12.1 Å². The molecular weight excluding hydrogens is 311 g/mol. The van der Waals surface area contributed by atoms with Crippen molar-refractivity contribution in [3.8, 4) is 17.2 Å². The second-order valence-corrected chi connectivity index (χ2v) is 5.25. The summed E-state index contributed by atoms with van der Waals surface area (Å²) >= 11 is 0. The highest BCUT2D eigenvalue weighted by molar-refractivity contribution is 5.63. The maximum atomic E-state index is 13.0. The van der Waals surface area contributed by atoms with Gasteiger partial charge in [-0.1, -0.05) is 56.3 Å². The Morgan fingerprint density at radius 2 is 1.48 bits per heavy atom. The predicted molar refractivity (Wildman–Crippen MR) is 102 cm³/mol. The zero-order valence-electron chi connectivity index (χ0n) is 14.5. The second kappa shape index (κ2) is 9.24. The fourth-order valence-corrected chi connectivity index (χ4v) is 2.36. The molecule has 0 spiro atoms. The van der Waals surface area contributed by atoms with Gasteiger partial charge in [0.05, 0.1) is 11.6 Å². The van der Waals surface area contributed by atoms with Gasteiger partial charge in [-0.25, -0.2) is 4.39 Å². The fourth-order valence-electron chi connectivity index (χ4n) is 2.36. The van der Waals surface area contributed by atoms with Gasteiger partial charge in [-0.2, -0.15) is 5.26 Å². The van der Waals surface area contributed by atoms with E-state index >= 15 is 0 Å². The molecule has 0 aromatic heterocycles. The van der Waals surface area contributed by atoms with E-state index in [0.29, 0.717) is 12.1 Å². The maximum absolute atomic E-state index is 13.0. The molecule has 0 aliphatic rings. The molecule has 0 radical (unpaired) electrons. The number of anilines is 1. The van der Waals surface area contributed by atoms with Crippen molar-refractivity contribution >= 4 is 5.69 Å². The van der Waals surface area contributed by atoms with Gasteiger partial charge < -0.3 is 5.32 Å². The lowest BCUT2D eigenvalue weighted by molar-refractivity contribution is 0.628. The highest BCUT2D eigenvalue weighted by Gasteiger charge is 2.00. The van der Waals surface area contributed by atoms with Gasteiger partial charge in [-0.05, 0) is 47.0 Å². The molecule has 3 aromatic rings. The van der Waals surface area contributed by atoms with Crippen LogP contribution in [0.5, 0.6) is 0 Å². The van der Waals surface area contributed by atoms with Crippen LogP contribution in [0.4, 0.5) is 10.1 Å². The average molecular weight is 332 g/mol. The van der Waals surface area contributed by atoms with Gasteiger partial charge in [0.1, 0.15) is 5.82 Å². The minimum absolute atomic E-state index is 0.228. The van der Waals surface area contributed by atoms with Gasteiger partial charge in [0.2, 0.25) is 0 Å². The first-order chi connectivity index (χ1) is 12.2. The summed E-state index contributed by atoms with van der Waals surface area (Å²) in [7, 11) is 0. The van der Waals surface area contributed by atoms with Crippen molar-refractivity contribution in [1.29, 1.82) is 5.26 Å². The summed E-state index contributed by atoms with van der Waals surface area (Å²) in [6.07, 6.45) is 0. The molecule has 0 saturated carbocycles. The maximum Gasteiger partial charge on any atom is 0.123 e. The summed E-state index contributed by atoms with van der Waals surface area (Å²) in [4.78, 5) is 0. The first-order valence-corrected chi connectivity index (χ1v) is 8.33. The molecule has 0 saturated heterocycles. The Morgan fingerprint density at radius 3 is 2.08 bits per heavy atom. The third-order valence-corrected chi connectivity index (χ3v) is 3.62. The molecule has 126 valence electrons. The summed E-state index contributed by atoms with van der Waals surface area (Å²) in [6, 6.07) is 24.1. The Morgan fingerprint density at radius 1 is 0.880 bits per heavy atom. The molecule has 3 rings (SSSR count). The molecule has 3 aromatic carbocycles. The summed E-state index contributed by atoms with van der Waals surface area (Å²) < 4.78 is 13.0. The zero-order valence-corrected chi connectivity index (χ0v) is 14.5. The van der Waals surface area contributed by atoms with E-state index in [-0.39, 0.29) is 5.82 Å². The van der Waals surface area contributed by atoms with Crippen LogP contribution in [0.15, 0.2) is 72.8 Å². The molecule has 0 heterocycles. The summed E-state index contributed by atoms with van der Waals surface area (Å²) in [5, 5.41) is 12.2. The Hall–Kier alpha value is -3.12. The highest BCUT2D eigenvalue weighted by Crippen LogP contribution is 2.20. The lowest BCUT2D eigenvalue weighted by Crippen LogP contribution is -1.99. The highest BCUT2D eigenvalue weighted by atomic mass is 19.1. The number of hydrogen-bond acceptors (Lipinski definition) is 2. The minimum atomic E-state index is -0.228. The lowest BCUT2D eigenvalue weighted by atomic mass is 10.0. The lowest BCUT2D eigenvalue weighted by Gasteiger charge is -2.08. The largest absolute Gasteiger partial charge is 0.381 e. The van der Waals surface area contributed by atoms with E-state index < -0.39 is 0 Å². The Kier molecular flexibility index (Phi) is 6.74. The molecule has 1 N–H and O–H groups in total. The van der Waals surface area contributed by atoms with Gasteiger partial charge >= 0.3 is 0 Å². The quantitative estimate of drug-likeness (QED) is 0.636. The predicted octanol–water partition coefficient (Wildman–Crippen LogP) is 6.00. The smallest absolute Gasteiger partial charge is 0.123 e. The van der Waals surface area contributed by atoms with Crippen molar-refractivity contribution in [3.05, 3.63) is 89.7 Å². The fraction of sp³-hybridized carbons (Fsp3) is 0.136. The zero-order chi connectivity index (χ0) is 18.1. The molecule has 25 heavy (non-hydrogen) atoms. The van der Waals surface area contributed by atoms with Crippen molar-refractivity contribution in [2.75, 3.05) is 5.32 Å². The van der Waals surface area contributed by atoms with Crippen LogP contribution in [-0.4, -0.2) is 0 Å². The van der Waals surface area contributed by atoms with E-state index in [1.807, 2.05) is 56.3 Å². The van der Waals surface area contributed by atoms with E-state index in [2.05, 4.69) is 11.4 Å². The van der Waals surface area contributed by atoms with E-state index in [4.69, 9.17) is 5.26 Å². The van der Waals surface area contributed by atoms with Crippen LogP contribution in [0.3, 0.4) is 0 Å². The molecule has 0 amide bonds. The number of benzene rings is 3. The number of nitriles is 1. The molecule has 0 aliphatic heterocycles. The van der Waals surface area contributed by atoms with Crippen LogP contribution < -0.4 is 5.32 Å². The van der Waals surface area contributed by atoms with Crippen LogP contribution in [-0.2, 0) is 6.54 Å². The van der Waals surface area contributed by atoms with Crippen LogP contribution in [0.2, 0.25) is 0 Å². The van der Waals surface area contributed by atoms with Crippen LogP contribution >= 0.6 is 0 Å². The van der Waals surface area contributed by atoms with E-state index in [9.17, 15) is 4.39 Å². The molecular formula is C22H21FN2. The topological polar surface area (TPSA) is 35.8 Å². The van der Waals surface area contributed by atoms with Crippen LogP contribution in [0.1, 0.15) is 25.0 Å². The number of nitrogens with one attached hydrogen (secondary N) is 1. The SMILES string of the molecule is CC.N#Cc1cccc(NCc2ccc(-c3ccc(F)cc3)cc2)c1. The van der Waals surface area contributed by atoms with E-state index in [0.717, 1.165) is 22.4 Å². The van der Waals surface area contributed by atoms with Crippen molar-refractivity contribution in [2.24, 2.45) is 0 Å². The Balaban J connectivity index is 0.00000109. The number of rotatable bonds is 4. The van der Waals surface area contributed by atoms with Gasteiger partial charge in [-0.15, -0.1) is 0 Å². The number of nitrogens with zero attached hydrogens (tertiary/aromatic N) is 1. The normalized spacial score (nSPS) is 9.52. The Bertz CT molecular complexity index is 831. The van der Waals surface area contributed by atoms with Crippen LogP contribution in [0.25, 0.3) is 11.1 Å². The summed E-state index contributed by atoms with van der Waals surface area (Å²) in [5.74, 6) is -0.228. The molecule has 0 atom stereocenters. The molecule has 0 unspecified atom stereocenters. The van der Waals surface area contributed by atoms with Gasteiger partial charge in [0, 0.05) is 12.2 Å². The van der Waals surface area contributed by atoms with Crippen molar-refractivity contribution < 1.29 is 4.39 Å². The molecule has 2 nitrogen and oxygen atoms in total. The van der Waals surface area contributed by atoms with Crippen LogP contribution in [0, 0.1) is 17.1 Å². The minimum Gasteiger partial charge on any atom is -0.381 e. The molecule has 0 aliphatic carbocycles. The summed E-state index contributed by atoms with van der Waals surface area (Å²) in [6.45, 7) is 4.68. The van der Waals surface area contributed by atoms with Crippen molar-refractivity contribution in [1.82, 2.24) is 0 Å². The third-order valence-electron chi connectivity index (χ3n) is 3.62. The first kappa shape index (κ1) is 18.2. The first-order valence-electron chi connectivity index (χ1n) is 8.33. The van der Waals surface area contributed by atoms with Gasteiger partial charge in [-0.3, -0.25) is 0 Å². The van der Waals surface area contributed by atoms with Crippen molar-refractivity contribution in [3.63, 3.8) is 0 Å². The molecule has 0 bridgehead atoms. The van der Waals surface area contributed by atoms with E-state index in [1.54, 1.807) is 18.2 Å². The standard InChI is InChI=1S/C20H15FN2.C2H6/c21-19-10-8-18(9-11-19)17-6-4-15(5-7-17)14-23-20-3-1-2-16(12-20)13-22;1-2/h1-12,23H,14H2;1-2H3. The third kappa shape index (κ3) is 5.19. The average Bonchev–Trinajstić information content (AvgIpc) is 2.69. The van der Waals surface area contributed by atoms with Gasteiger partial charge in [0.25, 0.3) is 0 Å². The van der Waals surface area contributed by atoms with Gasteiger partial charge in [0.15, 0.2) is 0 Å². The van der Waals surface area contributed by atoms with Crippen molar-refractivity contribution in [2.45, 2.75) is 20.4 Å².